The van der Waals surface area contributed by atoms with Gasteiger partial charge in [-0.15, -0.1) is 0 Å². The molecule has 1 N–H and O–H groups in total. The summed E-state index contributed by atoms with van der Waals surface area (Å²) in [5.74, 6) is 1.60. The number of oxazole rings is 1. The topological polar surface area (TPSA) is 90.7 Å². The molecule has 2 aromatic carbocycles. The van der Waals surface area contributed by atoms with Gasteiger partial charge in [0, 0.05) is 12.5 Å². The van der Waals surface area contributed by atoms with E-state index in [1.165, 1.54) is 20.3 Å². The zero-order chi connectivity index (χ0) is 19.6. The average molecular weight is 388 g/mol. The molecule has 0 unspecified atom stereocenters. The summed E-state index contributed by atoms with van der Waals surface area (Å²) in [4.78, 5) is 4.03. The van der Waals surface area contributed by atoms with Crippen molar-refractivity contribution in [2.75, 3.05) is 18.9 Å². The third-order valence-electron chi connectivity index (χ3n) is 3.96. The highest BCUT2D eigenvalue weighted by Crippen LogP contribution is 2.33. The number of rotatable bonds is 6. The van der Waals surface area contributed by atoms with Crippen LogP contribution in [0.4, 0.5) is 5.69 Å². The quantitative estimate of drug-likeness (QED) is 0.691. The van der Waals surface area contributed by atoms with E-state index in [0.29, 0.717) is 28.7 Å². The van der Waals surface area contributed by atoms with Crippen LogP contribution in [0.15, 0.2) is 51.9 Å². The van der Waals surface area contributed by atoms with Crippen LogP contribution < -0.4 is 14.2 Å². The minimum absolute atomic E-state index is 0.0138. The Morgan fingerprint density at radius 3 is 2.33 bits per heavy atom. The summed E-state index contributed by atoms with van der Waals surface area (Å²) in [6.45, 7) is 3.58. The number of aryl methyl sites for hydroxylation is 2. The van der Waals surface area contributed by atoms with Gasteiger partial charge in [0.15, 0.2) is 11.7 Å². The molecule has 0 bridgehead atoms. The first kappa shape index (κ1) is 18.8. The van der Waals surface area contributed by atoms with E-state index in [4.69, 9.17) is 13.9 Å². The van der Waals surface area contributed by atoms with Gasteiger partial charge in [-0.05, 0) is 42.8 Å². The maximum Gasteiger partial charge on any atom is 0.265 e. The van der Waals surface area contributed by atoms with Crippen LogP contribution in [0.2, 0.25) is 0 Å². The zero-order valence-electron chi connectivity index (χ0n) is 15.4. The molecule has 0 atom stereocenters. The number of hydrogen-bond acceptors (Lipinski definition) is 6. The molecule has 0 radical (unpaired) electrons. The van der Waals surface area contributed by atoms with Crippen LogP contribution in [0.3, 0.4) is 0 Å². The summed E-state index contributed by atoms with van der Waals surface area (Å²) >= 11 is 0. The number of nitrogens with zero attached hydrogens (tertiary/aromatic N) is 1. The molecule has 1 heterocycles. The first-order valence-electron chi connectivity index (χ1n) is 8.12. The second-order valence-corrected chi connectivity index (χ2v) is 7.57. The van der Waals surface area contributed by atoms with Crippen LogP contribution in [0.25, 0.3) is 11.3 Å². The Labute approximate surface area is 158 Å². The molecule has 142 valence electrons. The Kier molecular flexibility index (Phi) is 5.09. The van der Waals surface area contributed by atoms with E-state index >= 15 is 0 Å². The summed E-state index contributed by atoms with van der Waals surface area (Å²) < 4.78 is 44.7. The molecular formula is C19H20N2O5S. The number of anilines is 1. The van der Waals surface area contributed by atoms with Crippen molar-refractivity contribution in [1.82, 2.24) is 4.98 Å². The van der Waals surface area contributed by atoms with Crippen molar-refractivity contribution >= 4 is 15.7 Å². The fraction of sp³-hybridized carbons (Fsp3) is 0.211. The molecule has 8 heteroatoms. The van der Waals surface area contributed by atoms with Crippen molar-refractivity contribution in [2.24, 2.45) is 0 Å². The molecule has 3 rings (SSSR count). The monoisotopic (exact) mass is 388 g/mol. The molecule has 0 saturated carbocycles. The molecule has 3 aromatic rings. The lowest BCUT2D eigenvalue weighted by atomic mass is 10.2. The normalized spacial score (nSPS) is 11.3. The lowest BCUT2D eigenvalue weighted by Crippen LogP contribution is -2.15. The van der Waals surface area contributed by atoms with Gasteiger partial charge in [0.1, 0.15) is 16.4 Å². The number of sulfonamides is 1. The summed E-state index contributed by atoms with van der Waals surface area (Å²) in [6, 6.07) is 10.0. The smallest absolute Gasteiger partial charge is 0.265 e. The van der Waals surface area contributed by atoms with E-state index in [1.807, 2.05) is 13.0 Å². The van der Waals surface area contributed by atoms with Crippen molar-refractivity contribution in [3.63, 3.8) is 0 Å². The van der Waals surface area contributed by atoms with Gasteiger partial charge >= 0.3 is 0 Å². The molecule has 7 nitrogen and oxygen atoms in total. The van der Waals surface area contributed by atoms with Crippen molar-refractivity contribution in [3.8, 4) is 22.8 Å². The third kappa shape index (κ3) is 3.90. The first-order chi connectivity index (χ1) is 12.8. The van der Waals surface area contributed by atoms with E-state index in [2.05, 4.69) is 9.71 Å². The fourth-order valence-electron chi connectivity index (χ4n) is 2.64. The van der Waals surface area contributed by atoms with Gasteiger partial charge in [0.05, 0.1) is 26.1 Å². The van der Waals surface area contributed by atoms with Gasteiger partial charge in [-0.1, -0.05) is 6.07 Å². The molecule has 27 heavy (non-hydrogen) atoms. The van der Waals surface area contributed by atoms with E-state index in [0.717, 1.165) is 5.56 Å². The highest BCUT2D eigenvalue weighted by Gasteiger charge is 2.23. The van der Waals surface area contributed by atoms with Crippen molar-refractivity contribution in [1.29, 1.82) is 0 Å². The average Bonchev–Trinajstić information content (AvgIpc) is 3.07. The van der Waals surface area contributed by atoms with Crippen molar-refractivity contribution in [2.45, 2.75) is 18.7 Å². The van der Waals surface area contributed by atoms with Crippen molar-refractivity contribution in [3.05, 3.63) is 54.0 Å². The summed E-state index contributed by atoms with van der Waals surface area (Å²) in [7, 11) is -1.05. The number of aromatic nitrogens is 1. The van der Waals surface area contributed by atoms with Gasteiger partial charge < -0.3 is 13.9 Å². The second kappa shape index (κ2) is 7.32. The number of hydrogen-bond donors (Lipinski definition) is 1. The fourth-order valence-corrected chi connectivity index (χ4v) is 3.89. The Morgan fingerprint density at radius 2 is 1.70 bits per heavy atom. The number of nitrogens with one attached hydrogen (secondary N) is 1. The predicted octanol–water partition coefficient (Wildman–Crippen LogP) is 3.78. The maximum absolute atomic E-state index is 13.1. The zero-order valence-corrected chi connectivity index (χ0v) is 16.3. The largest absolute Gasteiger partial charge is 0.495 e. The molecular weight excluding hydrogens is 368 g/mol. The highest BCUT2D eigenvalue weighted by molar-refractivity contribution is 7.92. The molecule has 0 spiro atoms. The van der Waals surface area contributed by atoms with Crippen LogP contribution in [0, 0.1) is 13.8 Å². The Bertz CT molecular complexity index is 1070. The minimum atomic E-state index is -3.95. The van der Waals surface area contributed by atoms with E-state index in [-0.39, 0.29) is 10.6 Å². The standard InChI is InChI=1S/C19H20N2O5S/c1-12-5-7-16(24-3)15(9-12)21-27(22,23)19-10-14(6-8-17(19)25-4)18-11-20-13(2)26-18/h5-11,21H,1-4H3. The lowest BCUT2D eigenvalue weighted by molar-refractivity contribution is 0.403. The third-order valence-corrected chi connectivity index (χ3v) is 5.34. The number of benzene rings is 2. The van der Waals surface area contributed by atoms with Gasteiger partial charge in [0.2, 0.25) is 0 Å². The molecule has 0 aliphatic rings. The molecule has 0 aliphatic heterocycles. The lowest BCUT2D eigenvalue weighted by Gasteiger charge is -2.15. The predicted molar refractivity (Wildman–Crippen MR) is 102 cm³/mol. The van der Waals surface area contributed by atoms with E-state index in [1.54, 1.807) is 37.4 Å². The van der Waals surface area contributed by atoms with Crippen LogP contribution in [-0.4, -0.2) is 27.6 Å². The maximum atomic E-state index is 13.1. The highest BCUT2D eigenvalue weighted by atomic mass is 32.2. The second-order valence-electron chi connectivity index (χ2n) is 5.92. The SMILES string of the molecule is COc1ccc(C)cc1NS(=O)(=O)c1cc(-c2cnc(C)o2)ccc1OC. The Hall–Kier alpha value is -3.00. The summed E-state index contributed by atoms with van der Waals surface area (Å²) in [5.41, 5.74) is 1.82. The molecule has 0 aliphatic carbocycles. The molecule has 0 amide bonds. The number of ether oxygens (including phenoxy) is 2. The summed E-state index contributed by atoms with van der Waals surface area (Å²) in [6.07, 6.45) is 1.55. The molecule has 1 aromatic heterocycles. The first-order valence-corrected chi connectivity index (χ1v) is 9.60. The Balaban J connectivity index is 2.07. The van der Waals surface area contributed by atoms with Crippen molar-refractivity contribution < 1.29 is 22.3 Å². The van der Waals surface area contributed by atoms with Gasteiger partial charge in [-0.25, -0.2) is 13.4 Å². The van der Waals surface area contributed by atoms with Crippen LogP contribution in [0.5, 0.6) is 11.5 Å². The summed E-state index contributed by atoms with van der Waals surface area (Å²) in [5, 5.41) is 0. The molecule has 0 fully saturated rings. The van der Waals surface area contributed by atoms with Crippen LogP contribution in [-0.2, 0) is 10.0 Å². The minimum Gasteiger partial charge on any atom is -0.495 e. The number of methoxy groups -OCH3 is 2. The Morgan fingerprint density at radius 1 is 1.00 bits per heavy atom. The van der Waals surface area contributed by atoms with E-state index < -0.39 is 10.0 Å². The van der Waals surface area contributed by atoms with Crippen LogP contribution >= 0.6 is 0 Å². The van der Waals surface area contributed by atoms with Gasteiger partial charge in [-0.3, -0.25) is 4.72 Å². The van der Waals surface area contributed by atoms with Gasteiger partial charge in [0.25, 0.3) is 10.0 Å². The molecule has 0 saturated heterocycles. The van der Waals surface area contributed by atoms with Gasteiger partial charge in [-0.2, -0.15) is 0 Å². The van der Waals surface area contributed by atoms with Crippen LogP contribution in [0.1, 0.15) is 11.5 Å². The van der Waals surface area contributed by atoms with E-state index in [9.17, 15) is 8.42 Å².